The van der Waals surface area contributed by atoms with Crippen molar-refractivity contribution < 1.29 is 4.52 Å². The van der Waals surface area contributed by atoms with E-state index < -0.39 is 0 Å². The zero-order valence-electron chi connectivity index (χ0n) is 10.3. The van der Waals surface area contributed by atoms with Gasteiger partial charge in [-0.15, -0.1) is 0 Å². The molecule has 0 bridgehead atoms. The molecule has 0 aliphatic heterocycles. The Morgan fingerprint density at radius 2 is 2.06 bits per heavy atom. The molecule has 0 aromatic carbocycles. The highest BCUT2D eigenvalue weighted by atomic mass is 32.2. The normalized spacial score (nSPS) is 10.3. The third-order valence-corrected chi connectivity index (χ3v) is 2.74. The fraction of sp³-hybridized carbons (Fsp3) is 0.364. The molecule has 0 aliphatic carbocycles. The lowest BCUT2D eigenvalue weighted by Gasteiger charge is -2.08. The van der Waals surface area contributed by atoms with Crippen molar-refractivity contribution in [2.75, 3.05) is 23.4 Å². The monoisotopic (exact) mass is 265 g/mol. The molecule has 6 nitrogen and oxygen atoms in total. The van der Waals surface area contributed by atoms with E-state index >= 15 is 0 Å². The van der Waals surface area contributed by atoms with Crippen LogP contribution in [-0.2, 0) is 6.54 Å². The molecule has 96 valence electrons. The topological polar surface area (TPSA) is 75.9 Å². The summed E-state index contributed by atoms with van der Waals surface area (Å²) in [5.74, 6) is 1.59. The lowest BCUT2D eigenvalue weighted by atomic mass is 10.4. The molecule has 0 fully saturated rings. The fourth-order valence-electron chi connectivity index (χ4n) is 1.39. The van der Waals surface area contributed by atoms with E-state index in [-0.39, 0.29) is 0 Å². The van der Waals surface area contributed by atoms with Gasteiger partial charge in [0.05, 0.1) is 6.54 Å². The van der Waals surface area contributed by atoms with Crippen molar-refractivity contribution in [1.82, 2.24) is 15.1 Å². The summed E-state index contributed by atoms with van der Waals surface area (Å²) in [5.41, 5.74) is 0.837. The Morgan fingerprint density at radius 1 is 1.28 bits per heavy atom. The van der Waals surface area contributed by atoms with Crippen molar-refractivity contribution in [1.29, 1.82) is 0 Å². The van der Waals surface area contributed by atoms with Crippen LogP contribution in [0.15, 0.2) is 28.1 Å². The molecule has 0 saturated heterocycles. The molecule has 0 spiro atoms. The first-order chi connectivity index (χ1) is 8.81. The number of thioether (sulfide) groups is 1. The summed E-state index contributed by atoms with van der Waals surface area (Å²) in [6, 6.07) is 3.69. The smallest absolute Gasteiger partial charge is 0.191 e. The van der Waals surface area contributed by atoms with E-state index in [4.69, 9.17) is 4.52 Å². The molecule has 2 aromatic rings. The van der Waals surface area contributed by atoms with Gasteiger partial charge in [-0.3, -0.25) is 0 Å². The maximum absolute atomic E-state index is 4.77. The maximum atomic E-state index is 4.77. The molecule has 2 aromatic heterocycles. The summed E-state index contributed by atoms with van der Waals surface area (Å²) < 4.78 is 4.77. The SMILES string of the molecule is CCNc1cc(NCc2ccon2)nc(SC)n1. The third kappa shape index (κ3) is 3.36. The predicted octanol–water partition coefficient (Wildman–Crippen LogP) is 2.23. The quantitative estimate of drug-likeness (QED) is 0.612. The van der Waals surface area contributed by atoms with Crippen molar-refractivity contribution in [3.05, 3.63) is 24.1 Å². The second-order valence-electron chi connectivity index (χ2n) is 3.50. The highest BCUT2D eigenvalue weighted by molar-refractivity contribution is 7.98. The van der Waals surface area contributed by atoms with Crippen LogP contribution >= 0.6 is 11.8 Å². The molecule has 2 N–H and O–H groups in total. The van der Waals surface area contributed by atoms with Gasteiger partial charge >= 0.3 is 0 Å². The summed E-state index contributed by atoms with van der Waals surface area (Å²) in [5, 5.41) is 10.9. The largest absolute Gasteiger partial charge is 0.370 e. The van der Waals surface area contributed by atoms with Crippen molar-refractivity contribution in [3.63, 3.8) is 0 Å². The van der Waals surface area contributed by atoms with Crippen LogP contribution < -0.4 is 10.6 Å². The van der Waals surface area contributed by atoms with Crippen molar-refractivity contribution in [3.8, 4) is 0 Å². The molecular formula is C11H15N5OS. The van der Waals surface area contributed by atoms with E-state index in [9.17, 15) is 0 Å². The lowest BCUT2D eigenvalue weighted by Crippen LogP contribution is -2.06. The fourth-order valence-corrected chi connectivity index (χ4v) is 1.77. The summed E-state index contributed by atoms with van der Waals surface area (Å²) in [6.45, 7) is 3.43. The molecule has 2 heterocycles. The molecule has 2 rings (SSSR count). The Hall–Kier alpha value is -1.76. The van der Waals surface area contributed by atoms with Crippen LogP contribution in [-0.4, -0.2) is 27.9 Å². The average molecular weight is 265 g/mol. The number of hydrogen-bond acceptors (Lipinski definition) is 7. The minimum Gasteiger partial charge on any atom is -0.370 e. The van der Waals surface area contributed by atoms with E-state index in [0.717, 1.165) is 29.0 Å². The number of rotatable bonds is 6. The number of nitrogens with zero attached hydrogens (tertiary/aromatic N) is 3. The van der Waals surface area contributed by atoms with Gasteiger partial charge in [-0.25, -0.2) is 9.97 Å². The van der Waals surface area contributed by atoms with Gasteiger partial charge in [0.1, 0.15) is 23.6 Å². The molecule has 0 amide bonds. The van der Waals surface area contributed by atoms with Crippen LogP contribution in [0.3, 0.4) is 0 Å². The number of nitrogens with one attached hydrogen (secondary N) is 2. The minimum absolute atomic E-state index is 0.576. The Morgan fingerprint density at radius 3 is 2.67 bits per heavy atom. The van der Waals surface area contributed by atoms with Gasteiger partial charge < -0.3 is 15.2 Å². The van der Waals surface area contributed by atoms with Crippen LogP contribution in [0.2, 0.25) is 0 Å². The summed E-state index contributed by atoms with van der Waals surface area (Å²) in [6.07, 6.45) is 3.50. The molecule has 18 heavy (non-hydrogen) atoms. The second-order valence-corrected chi connectivity index (χ2v) is 4.27. The van der Waals surface area contributed by atoms with Crippen molar-refractivity contribution in [2.45, 2.75) is 18.6 Å². The van der Waals surface area contributed by atoms with E-state index in [1.54, 1.807) is 6.26 Å². The number of hydrogen-bond donors (Lipinski definition) is 2. The Labute approximate surface area is 110 Å². The van der Waals surface area contributed by atoms with E-state index in [1.807, 2.05) is 25.3 Å². The maximum Gasteiger partial charge on any atom is 0.191 e. The van der Waals surface area contributed by atoms with Gasteiger partial charge in [-0.1, -0.05) is 16.9 Å². The minimum atomic E-state index is 0.576. The van der Waals surface area contributed by atoms with Crippen LogP contribution in [0.25, 0.3) is 0 Å². The van der Waals surface area contributed by atoms with Crippen molar-refractivity contribution >= 4 is 23.4 Å². The van der Waals surface area contributed by atoms with Crippen LogP contribution in [0.4, 0.5) is 11.6 Å². The number of anilines is 2. The van der Waals surface area contributed by atoms with Gasteiger partial charge in [-0.05, 0) is 13.2 Å². The molecule has 0 unspecified atom stereocenters. The second kappa shape index (κ2) is 6.25. The van der Waals surface area contributed by atoms with E-state index in [1.165, 1.54) is 11.8 Å². The molecular weight excluding hydrogens is 250 g/mol. The third-order valence-electron chi connectivity index (χ3n) is 2.19. The van der Waals surface area contributed by atoms with E-state index in [2.05, 4.69) is 25.8 Å². The van der Waals surface area contributed by atoms with Crippen LogP contribution in [0.1, 0.15) is 12.6 Å². The summed E-state index contributed by atoms with van der Waals surface area (Å²) >= 11 is 1.51. The summed E-state index contributed by atoms with van der Waals surface area (Å²) in [7, 11) is 0. The average Bonchev–Trinajstić information content (AvgIpc) is 2.89. The lowest BCUT2D eigenvalue weighted by molar-refractivity contribution is 0.412. The van der Waals surface area contributed by atoms with Gasteiger partial charge in [0.25, 0.3) is 0 Å². The Balaban J connectivity index is 2.08. The summed E-state index contributed by atoms with van der Waals surface area (Å²) in [4.78, 5) is 8.73. The van der Waals surface area contributed by atoms with Gasteiger partial charge in [0.15, 0.2) is 5.16 Å². The van der Waals surface area contributed by atoms with Gasteiger partial charge in [-0.2, -0.15) is 0 Å². The molecule has 7 heteroatoms. The van der Waals surface area contributed by atoms with Gasteiger partial charge in [0.2, 0.25) is 0 Å². The Kier molecular flexibility index (Phi) is 4.40. The molecule has 0 aliphatic rings. The molecule has 0 atom stereocenters. The zero-order valence-corrected chi connectivity index (χ0v) is 11.1. The number of aromatic nitrogens is 3. The first kappa shape index (κ1) is 12.7. The first-order valence-corrected chi connectivity index (χ1v) is 6.84. The van der Waals surface area contributed by atoms with Gasteiger partial charge in [0, 0.05) is 18.7 Å². The highest BCUT2D eigenvalue weighted by Gasteiger charge is 2.04. The van der Waals surface area contributed by atoms with Crippen LogP contribution in [0.5, 0.6) is 0 Å². The van der Waals surface area contributed by atoms with Crippen molar-refractivity contribution in [2.24, 2.45) is 0 Å². The molecule has 0 saturated carbocycles. The predicted molar refractivity (Wildman–Crippen MR) is 71.8 cm³/mol. The Bertz CT molecular complexity index is 488. The zero-order chi connectivity index (χ0) is 12.8. The molecule has 0 radical (unpaired) electrons. The first-order valence-electron chi connectivity index (χ1n) is 5.62. The van der Waals surface area contributed by atoms with Crippen LogP contribution in [0, 0.1) is 0 Å². The highest BCUT2D eigenvalue weighted by Crippen LogP contribution is 2.17. The van der Waals surface area contributed by atoms with E-state index in [0.29, 0.717) is 6.54 Å². The standard InChI is InChI=1S/C11H15N5OS/c1-3-12-9-6-10(15-11(14-9)18-2)13-7-8-4-5-17-16-8/h4-6H,3,7H2,1-2H3,(H2,12,13,14,15).